The quantitative estimate of drug-likeness (QED) is 0.810. The predicted molar refractivity (Wildman–Crippen MR) is 78.6 cm³/mol. The van der Waals surface area contributed by atoms with Crippen LogP contribution in [0.15, 0.2) is 36.7 Å². The van der Waals surface area contributed by atoms with Crippen LogP contribution < -0.4 is 4.74 Å². The summed E-state index contributed by atoms with van der Waals surface area (Å²) < 4.78 is 10.1. The van der Waals surface area contributed by atoms with Gasteiger partial charge in [0.25, 0.3) is 0 Å². The number of carbonyl (C=O) groups excluding carboxylic acids is 1. The summed E-state index contributed by atoms with van der Waals surface area (Å²) in [5, 5.41) is 0. The first-order chi connectivity index (χ1) is 9.90. The molecule has 0 aliphatic carbocycles. The van der Waals surface area contributed by atoms with E-state index in [1.807, 2.05) is 24.3 Å². The summed E-state index contributed by atoms with van der Waals surface area (Å²) in [6.45, 7) is 6.46. The van der Waals surface area contributed by atoms with E-state index in [4.69, 9.17) is 4.74 Å². The van der Waals surface area contributed by atoms with Crippen molar-refractivity contribution in [3.05, 3.63) is 47.9 Å². The maximum atomic E-state index is 11.2. The first-order valence-corrected chi connectivity index (χ1v) is 6.59. The van der Waals surface area contributed by atoms with Gasteiger partial charge in [-0.2, -0.15) is 0 Å². The summed E-state index contributed by atoms with van der Waals surface area (Å²) in [6, 6.07) is 7.81. The molecule has 0 atom stereocenters. The number of esters is 1. The average Bonchev–Trinajstić information content (AvgIpc) is 2.47. The molecule has 0 bridgehead atoms. The maximum absolute atomic E-state index is 11.2. The van der Waals surface area contributed by atoms with Crippen molar-refractivity contribution in [3.8, 4) is 11.6 Å². The highest BCUT2D eigenvalue weighted by Crippen LogP contribution is 2.26. The highest BCUT2D eigenvalue weighted by Gasteiger charge is 2.13. The molecule has 1 aromatic carbocycles. The second-order valence-corrected chi connectivity index (χ2v) is 5.61. The summed E-state index contributed by atoms with van der Waals surface area (Å²) >= 11 is 0. The number of hydrogen-bond acceptors (Lipinski definition) is 5. The van der Waals surface area contributed by atoms with Crippen molar-refractivity contribution >= 4 is 5.97 Å². The van der Waals surface area contributed by atoms with Gasteiger partial charge >= 0.3 is 5.97 Å². The van der Waals surface area contributed by atoms with E-state index in [1.54, 1.807) is 0 Å². The molecule has 0 saturated heterocycles. The van der Waals surface area contributed by atoms with Crippen LogP contribution in [-0.2, 0) is 10.2 Å². The van der Waals surface area contributed by atoms with Crippen molar-refractivity contribution in [2.75, 3.05) is 7.11 Å². The topological polar surface area (TPSA) is 61.3 Å². The van der Waals surface area contributed by atoms with E-state index in [1.165, 1.54) is 25.1 Å². The highest BCUT2D eigenvalue weighted by molar-refractivity contribution is 5.86. The number of nitrogens with zero attached hydrogens (tertiary/aromatic N) is 2. The van der Waals surface area contributed by atoms with Crippen LogP contribution in [0.25, 0.3) is 0 Å². The van der Waals surface area contributed by atoms with Crippen LogP contribution in [0, 0.1) is 0 Å². The Morgan fingerprint density at radius 2 is 1.71 bits per heavy atom. The van der Waals surface area contributed by atoms with Crippen molar-refractivity contribution < 1.29 is 14.3 Å². The lowest BCUT2D eigenvalue weighted by Crippen LogP contribution is -2.10. The first kappa shape index (κ1) is 15.0. The molecule has 0 fully saturated rings. The molecule has 5 heteroatoms. The number of methoxy groups -OCH3 is 1. The van der Waals surface area contributed by atoms with Gasteiger partial charge in [-0.15, -0.1) is 0 Å². The molecule has 0 aliphatic heterocycles. The van der Waals surface area contributed by atoms with Gasteiger partial charge in [-0.1, -0.05) is 32.9 Å². The average molecular weight is 286 g/mol. The number of rotatable bonds is 3. The number of ether oxygens (including phenoxy) is 2. The zero-order valence-electron chi connectivity index (χ0n) is 12.6. The largest absolute Gasteiger partial charge is 0.464 e. The van der Waals surface area contributed by atoms with Gasteiger partial charge in [-0.05, 0) is 23.1 Å². The molecule has 0 saturated carbocycles. The fourth-order valence-corrected chi connectivity index (χ4v) is 1.72. The summed E-state index contributed by atoms with van der Waals surface area (Å²) in [5.41, 5.74) is 1.47. The third-order valence-corrected chi connectivity index (χ3v) is 2.97. The zero-order valence-corrected chi connectivity index (χ0v) is 12.6. The summed E-state index contributed by atoms with van der Waals surface area (Å²) in [7, 11) is 1.30. The molecule has 2 aromatic rings. The van der Waals surface area contributed by atoms with E-state index in [-0.39, 0.29) is 11.1 Å². The van der Waals surface area contributed by atoms with E-state index >= 15 is 0 Å². The molecule has 0 N–H and O–H groups in total. The minimum Gasteiger partial charge on any atom is -0.464 e. The van der Waals surface area contributed by atoms with Crippen LogP contribution in [0.1, 0.15) is 36.8 Å². The van der Waals surface area contributed by atoms with E-state index < -0.39 is 5.97 Å². The molecule has 0 spiro atoms. The number of hydrogen-bond donors (Lipinski definition) is 0. The normalized spacial score (nSPS) is 11.0. The number of aromatic nitrogens is 2. The Balaban J connectivity index is 2.10. The fourth-order valence-electron chi connectivity index (χ4n) is 1.72. The molecular weight excluding hydrogens is 268 g/mol. The summed E-state index contributed by atoms with van der Waals surface area (Å²) in [6.07, 6.45) is 2.72. The van der Waals surface area contributed by atoms with Crippen LogP contribution in [-0.4, -0.2) is 23.0 Å². The van der Waals surface area contributed by atoms with E-state index in [0.29, 0.717) is 11.6 Å². The Kier molecular flexibility index (Phi) is 4.21. The van der Waals surface area contributed by atoms with Gasteiger partial charge in [0.1, 0.15) is 5.75 Å². The monoisotopic (exact) mass is 286 g/mol. The molecule has 110 valence electrons. The van der Waals surface area contributed by atoms with Crippen molar-refractivity contribution in [3.63, 3.8) is 0 Å². The second kappa shape index (κ2) is 5.91. The van der Waals surface area contributed by atoms with Crippen LogP contribution in [0.5, 0.6) is 11.6 Å². The maximum Gasteiger partial charge on any atom is 0.358 e. The van der Waals surface area contributed by atoms with Gasteiger partial charge in [-0.25, -0.2) is 14.8 Å². The van der Waals surface area contributed by atoms with Gasteiger partial charge in [0.15, 0.2) is 5.69 Å². The molecule has 2 rings (SSSR count). The van der Waals surface area contributed by atoms with Crippen molar-refractivity contribution in [2.24, 2.45) is 0 Å². The third-order valence-electron chi connectivity index (χ3n) is 2.97. The lowest BCUT2D eigenvalue weighted by Gasteiger charge is -2.19. The van der Waals surface area contributed by atoms with Crippen LogP contribution in [0.2, 0.25) is 0 Å². The van der Waals surface area contributed by atoms with Crippen molar-refractivity contribution in [1.29, 1.82) is 0 Å². The first-order valence-electron chi connectivity index (χ1n) is 6.59. The van der Waals surface area contributed by atoms with Crippen LogP contribution in [0.3, 0.4) is 0 Å². The summed E-state index contributed by atoms with van der Waals surface area (Å²) in [5.74, 6) is 0.470. The van der Waals surface area contributed by atoms with Crippen LogP contribution >= 0.6 is 0 Å². The Hall–Kier alpha value is -2.43. The van der Waals surface area contributed by atoms with Crippen molar-refractivity contribution in [2.45, 2.75) is 26.2 Å². The number of benzene rings is 1. The standard InChI is InChI=1S/C16H18N2O3/c1-16(2,3)11-5-7-12(8-6-11)21-14-10-17-13(9-18-14)15(19)20-4/h5-10H,1-4H3. The molecule has 1 heterocycles. The fraction of sp³-hybridized carbons (Fsp3) is 0.312. The molecule has 0 unspecified atom stereocenters. The minimum absolute atomic E-state index is 0.0977. The smallest absolute Gasteiger partial charge is 0.358 e. The molecule has 0 radical (unpaired) electrons. The molecule has 0 amide bonds. The van der Waals surface area contributed by atoms with Gasteiger partial charge in [-0.3, -0.25) is 0 Å². The Morgan fingerprint density at radius 1 is 1.05 bits per heavy atom. The van der Waals surface area contributed by atoms with E-state index in [2.05, 4.69) is 35.5 Å². The van der Waals surface area contributed by atoms with Crippen molar-refractivity contribution in [1.82, 2.24) is 9.97 Å². The predicted octanol–water partition coefficient (Wildman–Crippen LogP) is 3.35. The molecule has 0 aliphatic rings. The Labute approximate surface area is 124 Å². The zero-order chi connectivity index (χ0) is 15.5. The second-order valence-electron chi connectivity index (χ2n) is 5.61. The lowest BCUT2D eigenvalue weighted by molar-refractivity contribution is 0.0593. The van der Waals surface area contributed by atoms with Gasteiger partial charge in [0.2, 0.25) is 5.88 Å². The van der Waals surface area contributed by atoms with Gasteiger partial charge in [0, 0.05) is 0 Å². The van der Waals surface area contributed by atoms with Crippen LogP contribution in [0.4, 0.5) is 0 Å². The Bertz CT molecular complexity index is 613. The van der Waals surface area contributed by atoms with E-state index in [9.17, 15) is 4.79 Å². The molecular formula is C16H18N2O3. The van der Waals surface area contributed by atoms with Gasteiger partial charge in [0.05, 0.1) is 19.5 Å². The summed E-state index contributed by atoms with van der Waals surface area (Å²) in [4.78, 5) is 19.2. The minimum atomic E-state index is -0.524. The molecule has 5 nitrogen and oxygen atoms in total. The number of carbonyl (C=O) groups is 1. The molecule has 1 aromatic heterocycles. The SMILES string of the molecule is COC(=O)c1cnc(Oc2ccc(C(C)(C)C)cc2)cn1. The van der Waals surface area contributed by atoms with E-state index in [0.717, 1.165) is 0 Å². The molecule has 21 heavy (non-hydrogen) atoms. The lowest BCUT2D eigenvalue weighted by atomic mass is 9.87. The third kappa shape index (κ3) is 3.78. The highest BCUT2D eigenvalue weighted by atomic mass is 16.5. The Morgan fingerprint density at radius 3 is 2.19 bits per heavy atom. The van der Waals surface area contributed by atoms with Gasteiger partial charge < -0.3 is 9.47 Å².